The first-order valence-electron chi connectivity index (χ1n) is 9.79. The molecule has 166 valence electrons. The van der Waals surface area contributed by atoms with E-state index >= 15 is 0 Å². The van der Waals surface area contributed by atoms with Gasteiger partial charge >= 0.3 is 0 Å². The molecule has 7 nitrogen and oxygen atoms in total. The Morgan fingerprint density at radius 1 is 1.03 bits per heavy atom. The van der Waals surface area contributed by atoms with Crippen molar-refractivity contribution in [3.8, 4) is 11.1 Å². The van der Waals surface area contributed by atoms with Crippen LogP contribution in [0.25, 0.3) is 22.0 Å². The summed E-state index contributed by atoms with van der Waals surface area (Å²) in [5.74, 6) is -0.343. The number of aromatic nitrogens is 1. The number of aryl methyl sites for hydroxylation is 1. The van der Waals surface area contributed by atoms with E-state index in [2.05, 4.69) is 4.72 Å². The fraction of sp³-hybridized carbons (Fsp3) is 0.130. The van der Waals surface area contributed by atoms with Crippen molar-refractivity contribution in [2.24, 2.45) is 7.05 Å². The molecule has 0 radical (unpaired) electrons. The lowest BCUT2D eigenvalue weighted by Crippen LogP contribution is -2.13. The molecule has 0 amide bonds. The molecule has 0 aliphatic carbocycles. The summed E-state index contributed by atoms with van der Waals surface area (Å²) in [7, 11) is -1.97. The molecular weight excluding hydrogens is 433 g/mol. The van der Waals surface area contributed by atoms with Crippen molar-refractivity contribution < 1.29 is 22.8 Å². The number of hydrogen-bond donors (Lipinski definition) is 3. The van der Waals surface area contributed by atoms with Crippen LogP contribution in [-0.4, -0.2) is 24.9 Å². The number of hydrogen-bond acceptors (Lipinski definition) is 5. The first-order chi connectivity index (χ1) is 15.4. The molecule has 4 aromatic rings. The summed E-state index contributed by atoms with van der Waals surface area (Å²) >= 11 is 0. The Hall–Kier alpha value is -3.24. The molecule has 0 atom stereocenters. The van der Waals surface area contributed by atoms with Crippen molar-refractivity contribution in [3.63, 3.8) is 0 Å². The van der Waals surface area contributed by atoms with Crippen molar-refractivity contribution >= 4 is 26.6 Å². The monoisotopic (exact) mass is 455 g/mol. The zero-order valence-electron chi connectivity index (χ0n) is 17.2. The highest BCUT2D eigenvalue weighted by Crippen LogP contribution is 2.34. The van der Waals surface area contributed by atoms with Crippen molar-refractivity contribution in [2.45, 2.75) is 11.5 Å². The van der Waals surface area contributed by atoms with Crippen LogP contribution in [0.5, 0.6) is 0 Å². The van der Waals surface area contributed by atoms with Gasteiger partial charge in [0.25, 0.3) is 10.0 Å². The van der Waals surface area contributed by atoms with E-state index in [1.807, 2.05) is 23.3 Å². The number of anilines is 1. The fourth-order valence-corrected chi connectivity index (χ4v) is 4.59. The number of sulfonamides is 1. The molecule has 1 heterocycles. The zero-order chi connectivity index (χ0) is 22.7. The minimum absolute atomic E-state index is 0.0293. The molecule has 3 N–H and O–H groups in total. The average molecular weight is 456 g/mol. The van der Waals surface area contributed by atoms with Gasteiger partial charge in [0, 0.05) is 41.0 Å². The summed E-state index contributed by atoms with van der Waals surface area (Å²) in [6.45, 7) is 0.198. The Morgan fingerprint density at radius 2 is 1.78 bits per heavy atom. The van der Waals surface area contributed by atoms with Gasteiger partial charge in [-0.2, -0.15) is 5.48 Å². The average Bonchev–Trinajstić information content (AvgIpc) is 3.10. The first-order valence-corrected chi connectivity index (χ1v) is 11.3. The van der Waals surface area contributed by atoms with Crippen LogP contribution in [0, 0.1) is 5.82 Å². The van der Waals surface area contributed by atoms with E-state index in [1.54, 1.807) is 48.5 Å². The third-order valence-electron chi connectivity index (χ3n) is 5.07. The van der Waals surface area contributed by atoms with Crippen LogP contribution >= 0.6 is 0 Å². The fourth-order valence-electron chi connectivity index (χ4n) is 3.54. The maximum Gasteiger partial charge on any atom is 0.261 e. The molecule has 0 aliphatic heterocycles. The summed E-state index contributed by atoms with van der Waals surface area (Å²) in [5.41, 5.74) is 5.01. The van der Waals surface area contributed by atoms with Crippen molar-refractivity contribution in [1.82, 2.24) is 10.0 Å². The van der Waals surface area contributed by atoms with Crippen LogP contribution in [0.4, 0.5) is 10.1 Å². The summed E-state index contributed by atoms with van der Waals surface area (Å²) in [4.78, 5) is 0.101. The highest BCUT2D eigenvalue weighted by molar-refractivity contribution is 7.92. The predicted molar refractivity (Wildman–Crippen MR) is 120 cm³/mol. The van der Waals surface area contributed by atoms with Gasteiger partial charge in [-0.15, -0.1) is 0 Å². The van der Waals surface area contributed by atoms with E-state index in [9.17, 15) is 12.8 Å². The Labute approximate surface area is 185 Å². The number of benzene rings is 3. The number of nitrogens with zero attached hydrogens (tertiary/aromatic N) is 1. The smallest absolute Gasteiger partial charge is 0.261 e. The van der Waals surface area contributed by atoms with E-state index in [1.165, 1.54) is 18.2 Å². The number of halogens is 1. The minimum Gasteiger partial charge on any atom is -0.360 e. The summed E-state index contributed by atoms with van der Waals surface area (Å²) in [6, 6.07) is 17.9. The lowest BCUT2D eigenvalue weighted by molar-refractivity contribution is 0.0152. The Bertz CT molecular complexity index is 1350. The molecule has 32 heavy (non-hydrogen) atoms. The van der Waals surface area contributed by atoms with E-state index in [0.717, 1.165) is 16.5 Å². The van der Waals surface area contributed by atoms with Crippen LogP contribution in [0.3, 0.4) is 0 Å². The zero-order valence-corrected chi connectivity index (χ0v) is 18.1. The number of hydroxylamine groups is 1. The number of fused-ring (bicyclic) bond motifs is 1. The van der Waals surface area contributed by atoms with Crippen LogP contribution in [0.2, 0.25) is 0 Å². The molecule has 0 bridgehead atoms. The van der Waals surface area contributed by atoms with Crippen LogP contribution in [0.1, 0.15) is 5.56 Å². The second-order valence-corrected chi connectivity index (χ2v) is 8.95. The van der Waals surface area contributed by atoms with Gasteiger partial charge in [0.05, 0.1) is 11.5 Å². The van der Waals surface area contributed by atoms with Crippen LogP contribution in [-0.2, 0) is 28.4 Å². The molecule has 0 saturated carbocycles. The molecule has 0 saturated heterocycles. The SMILES string of the molecule is Cn1cc(-c2ccccc2F)c2cc(NS(=O)(=O)c3ccc(COCNO)cc3)ccc21. The van der Waals surface area contributed by atoms with E-state index in [-0.39, 0.29) is 24.1 Å². The third-order valence-corrected chi connectivity index (χ3v) is 6.47. The van der Waals surface area contributed by atoms with Crippen LogP contribution < -0.4 is 10.2 Å². The first kappa shape index (κ1) is 22.0. The largest absolute Gasteiger partial charge is 0.360 e. The normalized spacial score (nSPS) is 11.7. The van der Waals surface area contributed by atoms with Gasteiger partial charge in [-0.3, -0.25) is 4.72 Å². The minimum atomic E-state index is -3.83. The van der Waals surface area contributed by atoms with Gasteiger partial charge in [0.15, 0.2) is 0 Å². The van der Waals surface area contributed by atoms with Gasteiger partial charge in [0.2, 0.25) is 0 Å². The molecule has 4 rings (SSSR count). The van der Waals surface area contributed by atoms with Crippen LogP contribution in [0.15, 0.2) is 77.8 Å². The lowest BCUT2D eigenvalue weighted by Gasteiger charge is -2.10. The number of nitrogens with one attached hydrogen (secondary N) is 2. The lowest BCUT2D eigenvalue weighted by atomic mass is 10.0. The van der Waals surface area contributed by atoms with E-state index < -0.39 is 10.0 Å². The summed E-state index contributed by atoms with van der Waals surface area (Å²) in [5, 5.41) is 9.25. The number of ether oxygens (including phenoxy) is 1. The van der Waals surface area contributed by atoms with Gasteiger partial charge in [-0.25, -0.2) is 12.8 Å². The third kappa shape index (κ3) is 4.51. The second-order valence-electron chi connectivity index (χ2n) is 7.27. The van der Waals surface area contributed by atoms with Gasteiger partial charge < -0.3 is 14.5 Å². The Morgan fingerprint density at radius 3 is 2.50 bits per heavy atom. The molecule has 0 fully saturated rings. The summed E-state index contributed by atoms with van der Waals surface area (Å²) < 4.78 is 49.7. The van der Waals surface area contributed by atoms with E-state index in [4.69, 9.17) is 9.94 Å². The molecule has 3 aromatic carbocycles. The summed E-state index contributed by atoms with van der Waals surface area (Å²) in [6.07, 6.45) is 1.83. The standard InChI is InChI=1S/C23H22FN3O4S/c1-27-13-21(19-4-2-3-5-22(19)24)20-12-17(8-11-23(20)27)26-32(29,30)18-9-6-16(7-10-18)14-31-15-25-28/h2-13,25-26,28H,14-15H2,1H3. The Balaban J connectivity index is 1.63. The predicted octanol–water partition coefficient (Wildman–Crippen LogP) is 4.24. The molecule has 0 unspecified atom stereocenters. The Kier molecular flexibility index (Phi) is 6.24. The maximum absolute atomic E-state index is 14.4. The van der Waals surface area contributed by atoms with Gasteiger partial charge in [0.1, 0.15) is 12.5 Å². The quantitative estimate of drug-likeness (QED) is 0.210. The van der Waals surface area contributed by atoms with E-state index in [0.29, 0.717) is 16.8 Å². The maximum atomic E-state index is 14.4. The van der Waals surface area contributed by atoms with Crippen molar-refractivity contribution in [2.75, 3.05) is 11.5 Å². The molecular formula is C23H22FN3O4S. The highest BCUT2D eigenvalue weighted by atomic mass is 32.2. The van der Waals surface area contributed by atoms with Crippen molar-refractivity contribution in [1.29, 1.82) is 0 Å². The molecule has 9 heteroatoms. The highest BCUT2D eigenvalue weighted by Gasteiger charge is 2.17. The number of rotatable bonds is 8. The molecule has 0 aliphatic rings. The topological polar surface area (TPSA) is 92.6 Å². The second kappa shape index (κ2) is 9.09. The van der Waals surface area contributed by atoms with Crippen molar-refractivity contribution in [3.05, 3.63) is 84.3 Å². The molecule has 0 spiro atoms. The molecule has 1 aromatic heterocycles. The van der Waals surface area contributed by atoms with Gasteiger partial charge in [-0.05, 0) is 42.0 Å². The van der Waals surface area contributed by atoms with Gasteiger partial charge in [-0.1, -0.05) is 30.3 Å².